The summed E-state index contributed by atoms with van der Waals surface area (Å²) in [5, 5.41) is 0. The molecular weight excluding hydrogens is 294 g/mol. The minimum Gasteiger partial charge on any atom is -0.303 e. The van der Waals surface area contributed by atoms with Crippen LogP contribution in [0.5, 0.6) is 0 Å². The molecule has 1 fully saturated rings. The van der Waals surface area contributed by atoms with Gasteiger partial charge in [-0.25, -0.2) is 0 Å². The van der Waals surface area contributed by atoms with E-state index in [2.05, 4.69) is 53.4 Å². The molecule has 1 saturated heterocycles. The molecule has 2 aromatic rings. The van der Waals surface area contributed by atoms with Gasteiger partial charge in [0.2, 0.25) is 0 Å². The molecule has 122 valence electrons. The number of fused-ring (bicyclic) bond motifs is 8. The van der Waals surface area contributed by atoms with Crippen LogP contribution in [0.25, 0.3) is 0 Å². The lowest BCUT2D eigenvalue weighted by Crippen LogP contribution is -2.43. The Labute approximate surface area is 143 Å². The van der Waals surface area contributed by atoms with Crippen LogP contribution in [0.4, 0.5) is 0 Å². The van der Waals surface area contributed by atoms with E-state index in [1.807, 2.05) is 0 Å². The highest BCUT2D eigenvalue weighted by molar-refractivity contribution is 5.63. The van der Waals surface area contributed by atoms with Crippen molar-refractivity contribution in [2.24, 2.45) is 5.92 Å². The Bertz CT molecular complexity index is 741. The van der Waals surface area contributed by atoms with Gasteiger partial charge in [-0.1, -0.05) is 48.5 Å². The molecule has 2 aliphatic carbocycles. The smallest absolute Gasteiger partial charge is 0.123 e. The standard InChI is InChI=1S/C22H23NO/c24-14-16-9-11-23(12-10-16)15-22-13-19(17-5-1-3-7-20(17)22)18-6-2-4-8-21(18)22/h1-8,14,16,19H,9-13,15H2. The molecule has 0 spiro atoms. The van der Waals surface area contributed by atoms with E-state index in [0.717, 1.165) is 38.8 Å². The van der Waals surface area contributed by atoms with Crippen LogP contribution in [-0.2, 0) is 10.2 Å². The lowest BCUT2D eigenvalue weighted by molar-refractivity contribution is -0.112. The SMILES string of the molecule is O=CC1CCN(CC23CC(c4ccccc42)c2ccccc23)CC1. The van der Waals surface area contributed by atoms with Gasteiger partial charge in [-0.05, 0) is 54.6 Å². The molecule has 0 atom stereocenters. The van der Waals surface area contributed by atoms with Gasteiger partial charge in [-0.15, -0.1) is 0 Å². The van der Waals surface area contributed by atoms with Crippen LogP contribution in [0.2, 0.25) is 0 Å². The van der Waals surface area contributed by atoms with E-state index in [0.29, 0.717) is 5.92 Å². The number of hydrogen-bond acceptors (Lipinski definition) is 2. The van der Waals surface area contributed by atoms with Gasteiger partial charge in [0.1, 0.15) is 6.29 Å². The molecule has 0 aromatic heterocycles. The summed E-state index contributed by atoms with van der Waals surface area (Å²) in [6.07, 6.45) is 4.42. The number of benzene rings is 2. The normalized spacial score (nSPS) is 28.6. The van der Waals surface area contributed by atoms with Gasteiger partial charge in [0, 0.05) is 23.8 Å². The van der Waals surface area contributed by atoms with Gasteiger partial charge < -0.3 is 9.69 Å². The highest BCUT2D eigenvalue weighted by atomic mass is 16.1. The van der Waals surface area contributed by atoms with E-state index in [1.165, 1.54) is 6.42 Å². The summed E-state index contributed by atoms with van der Waals surface area (Å²) in [6.45, 7) is 3.21. The van der Waals surface area contributed by atoms with Crippen LogP contribution in [-0.4, -0.2) is 30.8 Å². The molecule has 2 nitrogen and oxygen atoms in total. The molecule has 1 heterocycles. The van der Waals surface area contributed by atoms with Crippen molar-refractivity contribution in [3.8, 4) is 0 Å². The fourth-order valence-corrected chi connectivity index (χ4v) is 5.44. The first-order valence-electron chi connectivity index (χ1n) is 9.18. The van der Waals surface area contributed by atoms with Crippen molar-refractivity contribution in [3.05, 3.63) is 70.8 Å². The summed E-state index contributed by atoms with van der Waals surface area (Å²) < 4.78 is 0. The number of likely N-dealkylation sites (tertiary alicyclic amines) is 1. The molecule has 0 saturated carbocycles. The topological polar surface area (TPSA) is 20.3 Å². The number of nitrogens with zero attached hydrogens (tertiary/aromatic N) is 1. The predicted octanol–water partition coefficient (Wildman–Crippen LogP) is 3.73. The Morgan fingerprint density at radius 2 is 1.54 bits per heavy atom. The average molecular weight is 317 g/mol. The lowest BCUT2D eigenvalue weighted by Gasteiger charge is -2.39. The van der Waals surface area contributed by atoms with E-state index in [1.54, 1.807) is 22.3 Å². The summed E-state index contributed by atoms with van der Waals surface area (Å²) in [4.78, 5) is 13.6. The fourth-order valence-electron chi connectivity index (χ4n) is 5.44. The van der Waals surface area contributed by atoms with Crippen LogP contribution in [0.3, 0.4) is 0 Å². The minimum absolute atomic E-state index is 0.159. The number of carbonyl (C=O) groups excluding carboxylic acids is 1. The molecular formula is C22H23NO. The molecule has 5 rings (SSSR count). The first kappa shape index (κ1) is 14.4. The molecule has 0 amide bonds. The van der Waals surface area contributed by atoms with Crippen LogP contribution < -0.4 is 0 Å². The van der Waals surface area contributed by atoms with Gasteiger partial charge in [0.15, 0.2) is 0 Å². The van der Waals surface area contributed by atoms with Crippen molar-refractivity contribution < 1.29 is 4.79 Å². The van der Waals surface area contributed by atoms with Gasteiger partial charge in [-0.3, -0.25) is 0 Å². The van der Waals surface area contributed by atoms with E-state index >= 15 is 0 Å². The quantitative estimate of drug-likeness (QED) is 0.804. The summed E-state index contributed by atoms with van der Waals surface area (Å²) in [5.41, 5.74) is 6.33. The molecule has 2 aromatic carbocycles. The van der Waals surface area contributed by atoms with Crippen molar-refractivity contribution in [1.29, 1.82) is 0 Å². The van der Waals surface area contributed by atoms with Crippen LogP contribution >= 0.6 is 0 Å². The van der Waals surface area contributed by atoms with Gasteiger partial charge in [0.25, 0.3) is 0 Å². The van der Waals surface area contributed by atoms with Crippen molar-refractivity contribution in [2.45, 2.75) is 30.6 Å². The Balaban J connectivity index is 1.54. The van der Waals surface area contributed by atoms with Crippen LogP contribution in [0.15, 0.2) is 48.5 Å². The number of piperidine rings is 1. The van der Waals surface area contributed by atoms with E-state index in [9.17, 15) is 4.79 Å². The second-order valence-electron chi connectivity index (χ2n) is 7.76. The molecule has 3 aliphatic rings. The number of rotatable bonds is 3. The highest BCUT2D eigenvalue weighted by Crippen LogP contribution is 2.60. The molecule has 0 unspecified atom stereocenters. The van der Waals surface area contributed by atoms with Gasteiger partial charge in [-0.2, -0.15) is 0 Å². The monoisotopic (exact) mass is 317 g/mol. The summed E-state index contributed by atoms with van der Waals surface area (Å²) >= 11 is 0. The van der Waals surface area contributed by atoms with Gasteiger partial charge >= 0.3 is 0 Å². The summed E-state index contributed by atoms with van der Waals surface area (Å²) in [6, 6.07) is 18.1. The van der Waals surface area contributed by atoms with Crippen LogP contribution in [0.1, 0.15) is 47.4 Å². The molecule has 1 aliphatic heterocycles. The van der Waals surface area contributed by atoms with Crippen molar-refractivity contribution in [2.75, 3.05) is 19.6 Å². The summed E-state index contributed by atoms with van der Waals surface area (Å²) in [7, 11) is 0. The second-order valence-corrected chi connectivity index (χ2v) is 7.76. The first-order valence-corrected chi connectivity index (χ1v) is 9.18. The Morgan fingerprint density at radius 1 is 0.958 bits per heavy atom. The zero-order valence-corrected chi connectivity index (χ0v) is 13.9. The zero-order chi connectivity index (χ0) is 16.1. The fraction of sp³-hybridized carbons (Fsp3) is 0.409. The number of aldehydes is 1. The Morgan fingerprint density at radius 3 is 2.12 bits per heavy atom. The third-order valence-corrected chi connectivity index (χ3v) is 6.57. The maximum Gasteiger partial charge on any atom is 0.123 e. The summed E-state index contributed by atoms with van der Waals surface area (Å²) in [5.74, 6) is 0.850. The van der Waals surface area contributed by atoms with Crippen molar-refractivity contribution in [3.63, 3.8) is 0 Å². The highest BCUT2D eigenvalue weighted by Gasteiger charge is 2.53. The largest absolute Gasteiger partial charge is 0.303 e. The van der Waals surface area contributed by atoms with E-state index < -0.39 is 0 Å². The zero-order valence-electron chi connectivity index (χ0n) is 13.9. The molecule has 0 N–H and O–H groups in total. The van der Waals surface area contributed by atoms with E-state index in [-0.39, 0.29) is 11.3 Å². The third-order valence-electron chi connectivity index (χ3n) is 6.57. The lowest BCUT2D eigenvalue weighted by atomic mass is 9.74. The van der Waals surface area contributed by atoms with Crippen molar-refractivity contribution >= 4 is 6.29 Å². The van der Waals surface area contributed by atoms with Crippen molar-refractivity contribution in [1.82, 2.24) is 4.90 Å². The van der Waals surface area contributed by atoms with Gasteiger partial charge in [0.05, 0.1) is 0 Å². The number of carbonyl (C=O) groups is 1. The molecule has 24 heavy (non-hydrogen) atoms. The number of hydrogen-bond donors (Lipinski definition) is 0. The first-order chi connectivity index (χ1) is 11.8. The Hall–Kier alpha value is -1.93. The van der Waals surface area contributed by atoms with Crippen LogP contribution in [0, 0.1) is 5.92 Å². The molecule has 2 heteroatoms. The maximum atomic E-state index is 11.0. The molecule has 0 radical (unpaired) electrons. The average Bonchev–Trinajstić information content (AvgIpc) is 3.15. The predicted molar refractivity (Wildman–Crippen MR) is 95.4 cm³/mol. The second kappa shape index (κ2) is 5.29. The third kappa shape index (κ3) is 1.89. The minimum atomic E-state index is 0.159. The van der Waals surface area contributed by atoms with E-state index in [4.69, 9.17) is 0 Å². The maximum absolute atomic E-state index is 11.0. The molecule has 2 bridgehead atoms. The Kier molecular flexibility index (Phi) is 3.18.